The number of hydrogen-bond donors (Lipinski definition) is 12. The fourth-order valence-corrected chi connectivity index (χ4v) is 5.84. The van der Waals surface area contributed by atoms with Crippen molar-refractivity contribution in [3.8, 4) is 11.5 Å². The highest BCUT2D eigenvalue weighted by molar-refractivity contribution is 7.74. The zero-order valence-electron chi connectivity index (χ0n) is 36.2. The lowest BCUT2D eigenvalue weighted by molar-refractivity contribution is -0.136. The molecule has 0 amide bonds. The van der Waals surface area contributed by atoms with E-state index >= 15 is 0 Å². The molecule has 2 heterocycles. The van der Waals surface area contributed by atoms with Gasteiger partial charge in [-0.05, 0) is 37.1 Å². The SMILES string of the molecule is O=C(O)CNc1nc(NCCCOCCOCCO)nc(Nc2ccc(/C=C/c3ccc(Nc4nc(NCCCOCCOCCO)nc(NCC(=O)O)n4)cc3OS(=O)O)c(OS(=O)O)c2)n1. The van der Waals surface area contributed by atoms with Crippen LogP contribution in [0.1, 0.15) is 24.0 Å². The molecule has 0 aliphatic carbocycles. The Balaban J connectivity index is 1.50. The van der Waals surface area contributed by atoms with E-state index in [0.717, 1.165) is 0 Å². The van der Waals surface area contributed by atoms with Crippen LogP contribution in [-0.2, 0) is 51.3 Å². The molecule has 0 aliphatic heterocycles. The van der Waals surface area contributed by atoms with Crippen molar-refractivity contribution in [1.29, 1.82) is 0 Å². The molecule has 2 aromatic carbocycles. The Morgan fingerprint density at radius 3 is 1.22 bits per heavy atom. The Bertz CT molecular complexity index is 2130. The molecular formula is C38H52N12O16S2. The van der Waals surface area contributed by atoms with Gasteiger partial charge in [-0.25, -0.2) is 0 Å². The van der Waals surface area contributed by atoms with Gasteiger partial charge < -0.3 is 79.6 Å². The van der Waals surface area contributed by atoms with E-state index in [9.17, 15) is 37.3 Å². The highest BCUT2D eigenvalue weighted by atomic mass is 32.2. The molecule has 2 atom stereocenters. The Hall–Kier alpha value is -6.48. The van der Waals surface area contributed by atoms with Gasteiger partial charge >= 0.3 is 34.7 Å². The first kappa shape index (κ1) is 54.1. The normalized spacial score (nSPS) is 12.0. The second kappa shape index (κ2) is 30.7. The average molecular weight is 997 g/mol. The Morgan fingerprint density at radius 2 is 0.868 bits per heavy atom. The van der Waals surface area contributed by atoms with E-state index in [0.29, 0.717) is 65.6 Å². The summed E-state index contributed by atoms with van der Waals surface area (Å²) in [5, 5.41) is 53.0. The van der Waals surface area contributed by atoms with E-state index in [1.54, 1.807) is 12.1 Å². The van der Waals surface area contributed by atoms with Gasteiger partial charge in [0, 0.05) is 60.9 Å². The summed E-state index contributed by atoms with van der Waals surface area (Å²) in [5.41, 5.74) is 1.09. The highest BCUT2D eigenvalue weighted by Gasteiger charge is 2.14. The molecule has 68 heavy (non-hydrogen) atoms. The van der Waals surface area contributed by atoms with Gasteiger partial charge in [-0.2, -0.15) is 38.3 Å². The minimum atomic E-state index is -2.78. The van der Waals surface area contributed by atoms with Crippen LogP contribution in [-0.4, -0.2) is 172 Å². The van der Waals surface area contributed by atoms with Crippen molar-refractivity contribution in [1.82, 2.24) is 29.9 Å². The summed E-state index contributed by atoms with van der Waals surface area (Å²) in [6, 6.07) is 8.90. The van der Waals surface area contributed by atoms with Crippen LogP contribution in [0.25, 0.3) is 12.2 Å². The van der Waals surface area contributed by atoms with Gasteiger partial charge in [-0.15, -0.1) is 0 Å². The van der Waals surface area contributed by atoms with Gasteiger partial charge in [0.25, 0.3) is 0 Å². The maximum atomic E-state index is 11.9. The maximum Gasteiger partial charge on any atom is 0.357 e. The van der Waals surface area contributed by atoms with Gasteiger partial charge in [0.05, 0.1) is 52.9 Å². The quantitative estimate of drug-likeness (QED) is 0.0174. The van der Waals surface area contributed by atoms with Crippen LogP contribution in [0.2, 0.25) is 0 Å². The van der Waals surface area contributed by atoms with Crippen molar-refractivity contribution < 1.29 is 74.9 Å². The van der Waals surface area contributed by atoms with Gasteiger partial charge in [0.15, 0.2) is 11.5 Å². The van der Waals surface area contributed by atoms with Gasteiger partial charge in [-0.1, -0.05) is 12.2 Å². The first-order valence-electron chi connectivity index (χ1n) is 20.4. The van der Waals surface area contributed by atoms with Gasteiger partial charge in [-0.3, -0.25) is 18.7 Å². The molecule has 0 saturated carbocycles. The molecule has 30 heteroatoms. The number of aliphatic hydroxyl groups excluding tert-OH is 2. The second-order valence-electron chi connectivity index (χ2n) is 13.3. The lowest BCUT2D eigenvalue weighted by atomic mass is 10.1. The molecule has 4 rings (SSSR count). The minimum absolute atomic E-state index is 0.0313. The van der Waals surface area contributed by atoms with E-state index in [2.05, 4.69) is 61.8 Å². The predicted octanol–water partition coefficient (Wildman–Crippen LogP) is 1.39. The van der Waals surface area contributed by atoms with Crippen LogP contribution < -0.4 is 40.3 Å². The number of benzene rings is 2. The number of hydrogen-bond acceptors (Lipinski definition) is 24. The van der Waals surface area contributed by atoms with Crippen molar-refractivity contribution in [2.45, 2.75) is 12.8 Å². The third-order valence-corrected chi connectivity index (χ3v) is 8.73. The summed E-state index contributed by atoms with van der Waals surface area (Å²) in [6.07, 6.45) is 4.05. The van der Waals surface area contributed by atoms with Crippen molar-refractivity contribution in [2.75, 3.05) is 124 Å². The largest absolute Gasteiger partial charge is 0.480 e. The maximum absolute atomic E-state index is 11.9. The first-order valence-corrected chi connectivity index (χ1v) is 22.5. The molecule has 0 fully saturated rings. The topological polar surface area (TPSA) is 395 Å². The molecule has 0 bridgehead atoms. The first-order chi connectivity index (χ1) is 32.9. The number of carboxylic acid groups (broad SMARTS) is 2. The zero-order chi connectivity index (χ0) is 48.9. The number of aliphatic hydroxyl groups is 2. The van der Waals surface area contributed by atoms with Crippen LogP contribution in [0.5, 0.6) is 11.5 Å². The number of aromatic nitrogens is 6. The van der Waals surface area contributed by atoms with Crippen LogP contribution in [0, 0.1) is 0 Å². The number of carbonyl (C=O) groups is 2. The Labute approximate surface area is 393 Å². The fourth-order valence-electron chi connectivity index (χ4n) is 5.25. The number of aliphatic carboxylic acids is 2. The summed E-state index contributed by atoms with van der Waals surface area (Å²) >= 11 is -5.57. The smallest absolute Gasteiger partial charge is 0.357 e. The van der Waals surface area contributed by atoms with E-state index in [-0.39, 0.29) is 96.1 Å². The van der Waals surface area contributed by atoms with Crippen molar-refractivity contribution in [3.05, 3.63) is 47.5 Å². The van der Waals surface area contributed by atoms with E-state index in [1.165, 1.54) is 36.4 Å². The van der Waals surface area contributed by atoms with E-state index < -0.39 is 47.8 Å². The molecule has 4 aromatic rings. The van der Waals surface area contributed by atoms with E-state index in [1.807, 2.05) is 0 Å². The third kappa shape index (κ3) is 21.9. The lowest BCUT2D eigenvalue weighted by Gasteiger charge is -2.13. The fraction of sp³-hybridized carbons (Fsp3) is 0.421. The Kier molecular flexibility index (Phi) is 24.5. The summed E-state index contributed by atoms with van der Waals surface area (Å²) in [6.45, 7) is 2.14. The number of nitrogens with one attached hydrogen (secondary N) is 6. The molecule has 2 unspecified atom stereocenters. The van der Waals surface area contributed by atoms with Gasteiger partial charge in [0.2, 0.25) is 35.7 Å². The molecule has 0 saturated heterocycles. The summed E-state index contributed by atoms with van der Waals surface area (Å²) in [4.78, 5) is 48.0. The van der Waals surface area contributed by atoms with Crippen molar-refractivity contribution >= 4 is 93.9 Å². The number of rotatable bonds is 36. The van der Waals surface area contributed by atoms with Crippen molar-refractivity contribution in [2.24, 2.45) is 0 Å². The summed E-state index contributed by atoms with van der Waals surface area (Å²) in [5.74, 6) is -2.53. The molecule has 0 radical (unpaired) electrons. The molecule has 12 N–H and O–H groups in total. The number of ether oxygens (including phenoxy) is 4. The molecular weight excluding hydrogens is 945 g/mol. The van der Waals surface area contributed by atoms with Crippen LogP contribution in [0.4, 0.5) is 47.1 Å². The highest BCUT2D eigenvalue weighted by Crippen LogP contribution is 2.31. The standard InChI is InChI=1S/C38H52N12O16S2/c51-11-15-63-19-17-61-13-1-9-39-33-45-35(41-23-31(53)54)49-37(47-33)43-27-7-5-25(29(21-27)65-67(57)58)3-4-26-6-8-28(22-30(26)66-68(59)60)44-38-48-34(46-36(50-38)42-24-32(55)56)40-10-2-14-62-18-20-64-16-12-52/h3-8,21-22,51-52H,1-2,9-20,23-24H2,(H,53,54)(H,55,56)(H,57,58)(H,59,60)(H3,39,41,43,45,47,49)(H3,40,42,44,46,48,50)/b4-3+. The zero-order valence-corrected chi connectivity index (χ0v) is 37.8. The lowest BCUT2D eigenvalue weighted by Crippen LogP contribution is -2.17. The number of carboxylic acids is 2. The van der Waals surface area contributed by atoms with Crippen LogP contribution in [0.15, 0.2) is 36.4 Å². The second-order valence-corrected chi connectivity index (χ2v) is 14.5. The molecule has 0 aliphatic rings. The molecule has 0 spiro atoms. The van der Waals surface area contributed by atoms with Crippen LogP contribution in [0.3, 0.4) is 0 Å². The molecule has 28 nitrogen and oxygen atoms in total. The third-order valence-electron chi connectivity index (χ3n) is 8.08. The predicted molar refractivity (Wildman–Crippen MR) is 247 cm³/mol. The Morgan fingerprint density at radius 1 is 0.515 bits per heavy atom. The van der Waals surface area contributed by atoms with Crippen molar-refractivity contribution in [3.63, 3.8) is 0 Å². The van der Waals surface area contributed by atoms with Gasteiger partial charge in [0.1, 0.15) is 13.1 Å². The molecule has 372 valence electrons. The minimum Gasteiger partial charge on any atom is -0.480 e. The average Bonchev–Trinajstić information content (AvgIpc) is 3.29. The number of anilines is 8. The number of nitrogens with zero attached hydrogens (tertiary/aromatic N) is 6. The summed E-state index contributed by atoms with van der Waals surface area (Å²) < 4.78 is 74.7. The van der Waals surface area contributed by atoms with Crippen LogP contribution >= 0.6 is 0 Å². The summed E-state index contributed by atoms with van der Waals surface area (Å²) in [7, 11) is 0. The monoisotopic (exact) mass is 996 g/mol. The molecule has 2 aromatic heterocycles. The van der Waals surface area contributed by atoms with E-state index in [4.69, 9.17) is 37.5 Å².